The number of aryl methyl sites for hydroxylation is 2. The number of carbonyl (C=O) groups excluding carboxylic acids is 2. The molecule has 5 nitrogen and oxygen atoms in total. The minimum Gasteiger partial charge on any atom is -0.343 e. The predicted molar refractivity (Wildman–Crippen MR) is 96.9 cm³/mol. The fourth-order valence-corrected chi connectivity index (χ4v) is 5.83. The molecule has 4 atom stereocenters. The van der Waals surface area contributed by atoms with Crippen molar-refractivity contribution in [3.8, 4) is 6.07 Å². The first-order valence-electron chi connectivity index (χ1n) is 9.54. The van der Waals surface area contributed by atoms with Gasteiger partial charge in [0.2, 0.25) is 11.8 Å². The van der Waals surface area contributed by atoms with E-state index in [1.807, 2.05) is 6.07 Å². The van der Waals surface area contributed by atoms with Crippen LogP contribution in [0.1, 0.15) is 42.9 Å². The number of rotatable bonds is 2. The Morgan fingerprint density at radius 3 is 3.04 bits per heavy atom. The van der Waals surface area contributed by atoms with Crippen LogP contribution in [-0.2, 0) is 21.5 Å². The Labute approximate surface area is 154 Å². The molecule has 26 heavy (non-hydrogen) atoms. The van der Waals surface area contributed by atoms with Crippen molar-refractivity contribution in [2.24, 2.45) is 17.8 Å². The lowest BCUT2D eigenvalue weighted by Crippen LogP contribution is -2.45. The molecule has 1 aromatic rings. The molecular formula is C21H25N3O2. The maximum Gasteiger partial charge on any atom is 0.224 e. The summed E-state index contributed by atoms with van der Waals surface area (Å²) in [7, 11) is 0. The Hall–Kier alpha value is -2.35. The predicted octanol–water partition coefficient (Wildman–Crippen LogP) is 2.28. The Balaban J connectivity index is 1.83. The van der Waals surface area contributed by atoms with Crippen LogP contribution in [0.15, 0.2) is 18.2 Å². The van der Waals surface area contributed by atoms with Crippen LogP contribution in [0.3, 0.4) is 0 Å². The van der Waals surface area contributed by atoms with Gasteiger partial charge in [0.05, 0.1) is 11.6 Å². The van der Waals surface area contributed by atoms with Crippen molar-refractivity contribution in [2.45, 2.75) is 45.1 Å². The van der Waals surface area contributed by atoms with Crippen LogP contribution in [0.5, 0.6) is 0 Å². The van der Waals surface area contributed by atoms with Crippen LogP contribution in [-0.4, -0.2) is 29.8 Å². The van der Waals surface area contributed by atoms with Gasteiger partial charge in [-0.15, -0.1) is 0 Å². The molecule has 1 saturated heterocycles. The highest BCUT2D eigenvalue weighted by Gasteiger charge is 2.64. The maximum atomic E-state index is 12.9. The summed E-state index contributed by atoms with van der Waals surface area (Å²) in [6.45, 7) is 5.01. The van der Waals surface area contributed by atoms with E-state index in [2.05, 4.69) is 42.3 Å². The second-order valence-corrected chi connectivity index (χ2v) is 8.13. The zero-order chi connectivity index (χ0) is 18.5. The fourth-order valence-electron chi connectivity index (χ4n) is 5.83. The Morgan fingerprint density at radius 1 is 1.46 bits per heavy atom. The third-order valence-electron chi connectivity index (χ3n) is 6.67. The molecule has 1 unspecified atom stereocenters. The van der Waals surface area contributed by atoms with Crippen molar-refractivity contribution in [1.29, 1.82) is 5.26 Å². The highest BCUT2D eigenvalue weighted by Crippen LogP contribution is 2.60. The van der Waals surface area contributed by atoms with E-state index in [1.165, 1.54) is 16.7 Å². The van der Waals surface area contributed by atoms with E-state index in [0.29, 0.717) is 6.42 Å². The van der Waals surface area contributed by atoms with E-state index in [-0.39, 0.29) is 41.7 Å². The molecule has 1 aromatic carbocycles. The highest BCUT2D eigenvalue weighted by atomic mass is 16.2. The number of fused-ring (bicyclic) bond motifs is 1. The summed E-state index contributed by atoms with van der Waals surface area (Å²) in [5.41, 5.74) is 3.46. The van der Waals surface area contributed by atoms with Gasteiger partial charge in [-0.25, -0.2) is 0 Å². The van der Waals surface area contributed by atoms with Gasteiger partial charge in [-0.3, -0.25) is 9.59 Å². The molecule has 0 aromatic heterocycles. The number of hydrogen-bond acceptors (Lipinski definition) is 3. The lowest BCUT2D eigenvalue weighted by atomic mass is 9.76. The highest BCUT2D eigenvalue weighted by molar-refractivity contribution is 5.86. The Bertz CT molecular complexity index is 812. The molecule has 1 spiro atoms. The monoisotopic (exact) mass is 351 g/mol. The van der Waals surface area contributed by atoms with E-state index in [4.69, 9.17) is 5.26 Å². The van der Waals surface area contributed by atoms with Crippen molar-refractivity contribution < 1.29 is 9.59 Å². The molecule has 0 radical (unpaired) electrons. The van der Waals surface area contributed by atoms with Gasteiger partial charge in [0.1, 0.15) is 6.54 Å². The largest absolute Gasteiger partial charge is 0.343 e. The summed E-state index contributed by atoms with van der Waals surface area (Å²) in [5, 5.41) is 11.5. The van der Waals surface area contributed by atoms with Crippen molar-refractivity contribution in [3.05, 3.63) is 34.9 Å². The molecule has 1 aliphatic carbocycles. The molecular weight excluding hydrogens is 326 g/mol. The molecule has 2 amide bonds. The van der Waals surface area contributed by atoms with Gasteiger partial charge >= 0.3 is 0 Å². The lowest BCUT2D eigenvalue weighted by molar-refractivity contribution is -0.131. The topological polar surface area (TPSA) is 73.2 Å². The molecule has 5 heteroatoms. The summed E-state index contributed by atoms with van der Waals surface area (Å²) < 4.78 is 0. The third-order valence-corrected chi connectivity index (χ3v) is 6.67. The summed E-state index contributed by atoms with van der Waals surface area (Å²) in [5.74, 6) is 0.0521. The molecule has 1 N–H and O–H groups in total. The van der Waals surface area contributed by atoms with Gasteiger partial charge in [0, 0.05) is 24.8 Å². The third kappa shape index (κ3) is 2.28. The van der Waals surface area contributed by atoms with E-state index in [0.717, 1.165) is 25.8 Å². The number of benzene rings is 1. The molecule has 2 fully saturated rings. The van der Waals surface area contributed by atoms with Crippen LogP contribution in [0, 0.1) is 36.0 Å². The first-order valence-corrected chi connectivity index (χ1v) is 9.54. The standard InChI is InChI=1S/C21H25N3O2/c1-13-5-6-16-15(10-13)4-3-9-24-18(25)11-17-19(20(26)23-8-7-22)14(2)12-21(16,17)24/h5-6,10,14,17,19H,3-4,8-9,11-12H2,1-2H3,(H,23,26)/t14-,17-,19+,21?/m0/s1. The van der Waals surface area contributed by atoms with E-state index < -0.39 is 0 Å². The first kappa shape index (κ1) is 17.1. The zero-order valence-corrected chi connectivity index (χ0v) is 15.4. The number of nitriles is 1. The van der Waals surface area contributed by atoms with E-state index >= 15 is 0 Å². The van der Waals surface area contributed by atoms with Crippen molar-refractivity contribution in [1.82, 2.24) is 10.2 Å². The number of hydrogen-bond donors (Lipinski definition) is 1. The summed E-state index contributed by atoms with van der Waals surface area (Å²) in [6, 6.07) is 8.55. The maximum absolute atomic E-state index is 12.9. The Morgan fingerprint density at radius 2 is 2.27 bits per heavy atom. The van der Waals surface area contributed by atoms with Gasteiger partial charge in [-0.2, -0.15) is 5.26 Å². The molecule has 3 aliphatic rings. The number of nitrogens with zero attached hydrogens (tertiary/aromatic N) is 2. The smallest absolute Gasteiger partial charge is 0.224 e. The quantitative estimate of drug-likeness (QED) is 0.831. The van der Waals surface area contributed by atoms with Crippen LogP contribution in [0.4, 0.5) is 0 Å². The second kappa shape index (κ2) is 6.12. The number of amides is 2. The minimum atomic E-state index is -0.356. The molecule has 2 heterocycles. The Kier molecular flexibility index (Phi) is 4.02. The van der Waals surface area contributed by atoms with Crippen LogP contribution >= 0.6 is 0 Å². The normalized spacial score (nSPS) is 32.3. The van der Waals surface area contributed by atoms with Crippen LogP contribution in [0.2, 0.25) is 0 Å². The van der Waals surface area contributed by atoms with E-state index in [1.54, 1.807) is 0 Å². The fraction of sp³-hybridized carbons (Fsp3) is 0.571. The van der Waals surface area contributed by atoms with Crippen molar-refractivity contribution in [2.75, 3.05) is 13.1 Å². The second-order valence-electron chi connectivity index (χ2n) is 8.13. The molecule has 2 aliphatic heterocycles. The van der Waals surface area contributed by atoms with Crippen molar-refractivity contribution in [3.63, 3.8) is 0 Å². The van der Waals surface area contributed by atoms with Crippen LogP contribution < -0.4 is 5.32 Å². The zero-order valence-electron chi connectivity index (χ0n) is 15.4. The molecule has 136 valence electrons. The molecule has 0 bridgehead atoms. The molecule has 1 saturated carbocycles. The number of nitrogens with one attached hydrogen (secondary N) is 1. The van der Waals surface area contributed by atoms with Gasteiger partial charge in [0.25, 0.3) is 0 Å². The lowest BCUT2D eigenvalue weighted by Gasteiger charge is -2.39. The van der Waals surface area contributed by atoms with Gasteiger partial charge < -0.3 is 10.2 Å². The van der Waals surface area contributed by atoms with Crippen molar-refractivity contribution >= 4 is 11.8 Å². The molecule has 4 rings (SSSR count). The first-order chi connectivity index (χ1) is 12.5. The number of carbonyl (C=O) groups is 2. The summed E-state index contributed by atoms with van der Waals surface area (Å²) >= 11 is 0. The average Bonchev–Trinajstić information content (AvgIpc) is 2.95. The minimum absolute atomic E-state index is 0.0109. The SMILES string of the molecule is Cc1ccc2c(c1)CCCN1C(=O)C[C@H]3[C@H](C(=O)NCC#N)[C@@H](C)CC231. The summed E-state index contributed by atoms with van der Waals surface area (Å²) in [4.78, 5) is 27.7. The average molecular weight is 351 g/mol. The summed E-state index contributed by atoms with van der Waals surface area (Å²) in [6.07, 6.45) is 3.21. The van der Waals surface area contributed by atoms with Gasteiger partial charge in [-0.1, -0.05) is 30.7 Å². The van der Waals surface area contributed by atoms with Gasteiger partial charge in [0.15, 0.2) is 0 Å². The van der Waals surface area contributed by atoms with Crippen LogP contribution in [0.25, 0.3) is 0 Å². The van der Waals surface area contributed by atoms with Gasteiger partial charge in [-0.05, 0) is 43.2 Å². The van der Waals surface area contributed by atoms with E-state index in [9.17, 15) is 9.59 Å².